The predicted molar refractivity (Wildman–Crippen MR) is 94.7 cm³/mol. The molecule has 7 nitrogen and oxygen atoms in total. The fraction of sp³-hybridized carbons (Fsp3) is 0.111. The number of hydrogen-bond acceptors (Lipinski definition) is 5. The van der Waals surface area contributed by atoms with E-state index in [-0.39, 0.29) is 35.0 Å². The van der Waals surface area contributed by atoms with Gasteiger partial charge in [-0.05, 0) is 12.1 Å². The van der Waals surface area contributed by atoms with Crippen LogP contribution in [-0.2, 0) is 21.2 Å². The Hall–Kier alpha value is -2.97. The quantitative estimate of drug-likeness (QED) is 0.685. The SMILES string of the molecule is NS(=O)(=O)c1ccccc1-c1oc(CCC(=O)O)nc1-c1ccccc1. The molecule has 0 aliphatic rings. The van der Waals surface area contributed by atoms with Gasteiger partial charge in [0.25, 0.3) is 0 Å². The number of nitrogens with two attached hydrogens (primary N) is 1. The number of aryl methyl sites for hydroxylation is 1. The van der Waals surface area contributed by atoms with Gasteiger partial charge in [-0.1, -0.05) is 42.5 Å². The second-order valence-electron chi connectivity index (χ2n) is 5.59. The lowest BCUT2D eigenvalue weighted by Gasteiger charge is -2.06. The Morgan fingerprint density at radius 1 is 1.08 bits per heavy atom. The Labute approximate surface area is 150 Å². The molecule has 3 N–H and O–H groups in total. The number of carboxylic acids is 1. The predicted octanol–water partition coefficient (Wildman–Crippen LogP) is 2.67. The number of oxazole rings is 1. The molecule has 0 atom stereocenters. The number of sulfonamides is 1. The molecule has 0 saturated carbocycles. The number of primary sulfonamides is 1. The van der Waals surface area contributed by atoms with Crippen molar-refractivity contribution in [1.82, 2.24) is 4.98 Å². The van der Waals surface area contributed by atoms with Gasteiger partial charge in [0.15, 0.2) is 11.7 Å². The van der Waals surface area contributed by atoms with Gasteiger partial charge in [0, 0.05) is 17.5 Å². The van der Waals surface area contributed by atoms with E-state index >= 15 is 0 Å². The summed E-state index contributed by atoms with van der Waals surface area (Å²) in [7, 11) is -3.98. The maximum absolute atomic E-state index is 11.9. The molecule has 0 bridgehead atoms. The number of aromatic nitrogens is 1. The molecule has 0 aliphatic heterocycles. The van der Waals surface area contributed by atoms with E-state index in [1.54, 1.807) is 18.2 Å². The minimum atomic E-state index is -3.98. The molecule has 3 aromatic rings. The summed E-state index contributed by atoms with van der Waals surface area (Å²) in [5.74, 6) is -0.525. The van der Waals surface area contributed by atoms with Gasteiger partial charge in [-0.15, -0.1) is 0 Å². The highest BCUT2D eigenvalue weighted by atomic mass is 32.2. The summed E-state index contributed by atoms with van der Waals surface area (Å²) in [6.07, 6.45) is -0.0578. The van der Waals surface area contributed by atoms with Gasteiger partial charge in [0.1, 0.15) is 5.69 Å². The van der Waals surface area contributed by atoms with Crippen molar-refractivity contribution in [3.05, 3.63) is 60.5 Å². The number of hydrogen-bond donors (Lipinski definition) is 2. The van der Waals surface area contributed by atoms with Crippen LogP contribution in [0.4, 0.5) is 0 Å². The highest BCUT2D eigenvalue weighted by molar-refractivity contribution is 7.89. The van der Waals surface area contributed by atoms with Gasteiger partial charge in [-0.2, -0.15) is 0 Å². The first-order chi connectivity index (χ1) is 12.4. The van der Waals surface area contributed by atoms with E-state index in [2.05, 4.69) is 4.98 Å². The van der Waals surface area contributed by atoms with Gasteiger partial charge in [-0.25, -0.2) is 18.5 Å². The monoisotopic (exact) mass is 372 g/mol. The van der Waals surface area contributed by atoms with Crippen LogP contribution in [0.3, 0.4) is 0 Å². The minimum absolute atomic E-state index is 0.0851. The maximum atomic E-state index is 11.9. The van der Waals surface area contributed by atoms with E-state index in [0.29, 0.717) is 5.69 Å². The normalized spacial score (nSPS) is 11.4. The average molecular weight is 372 g/mol. The van der Waals surface area contributed by atoms with Gasteiger partial charge in [0.2, 0.25) is 10.0 Å². The van der Waals surface area contributed by atoms with Crippen molar-refractivity contribution in [1.29, 1.82) is 0 Å². The summed E-state index contributed by atoms with van der Waals surface area (Å²) in [5.41, 5.74) is 1.43. The number of aliphatic carboxylic acids is 1. The van der Waals surface area contributed by atoms with Crippen molar-refractivity contribution in [2.45, 2.75) is 17.7 Å². The largest absolute Gasteiger partial charge is 0.481 e. The molecular formula is C18H16N2O5S. The summed E-state index contributed by atoms with van der Waals surface area (Å²) in [6, 6.07) is 15.3. The maximum Gasteiger partial charge on any atom is 0.303 e. The molecule has 0 spiro atoms. The first-order valence-corrected chi connectivity index (χ1v) is 9.30. The number of nitrogens with zero attached hydrogens (tertiary/aromatic N) is 1. The molecule has 2 aromatic carbocycles. The second-order valence-corrected chi connectivity index (χ2v) is 7.12. The van der Waals surface area contributed by atoms with Crippen molar-refractivity contribution in [3.63, 3.8) is 0 Å². The van der Waals surface area contributed by atoms with Crippen LogP contribution in [0, 0.1) is 0 Å². The summed E-state index contributed by atoms with van der Waals surface area (Å²) >= 11 is 0. The Bertz CT molecular complexity index is 1040. The molecule has 0 fully saturated rings. The Morgan fingerprint density at radius 3 is 2.38 bits per heavy atom. The van der Waals surface area contributed by atoms with Crippen molar-refractivity contribution < 1.29 is 22.7 Å². The lowest BCUT2D eigenvalue weighted by atomic mass is 10.1. The van der Waals surface area contributed by atoms with E-state index in [0.717, 1.165) is 5.56 Å². The van der Waals surface area contributed by atoms with E-state index in [9.17, 15) is 13.2 Å². The molecular weight excluding hydrogens is 356 g/mol. The van der Waals surface area contributed by atoms with E-state index in [1.165, 1.54) is 6.07 Å². The topological polar surface area (TPSA) is 123 Å². The molecule has 0 unspecified atom stereocenters. The highest BCUT2D eigenvalue weighted by Crippen LogP contribution is 2.36. The summed E-state index contributed by atoms with van der Waals surface area (Å²) < 4.78 is 29.6. The van der Waals surface area contributed by atoms with E-state index < -0.39 is 16.0 Å². The summed E-state index contributed by atoms with van der Waals surface area (Å²) in [6.45, 7) is 0. The molecule has 0 aliphatic carbocycles. The Morgan fingerprint density at radius 2 is 1.73 bits per heavy atom. The van der Waals surface area contributed by atoms with Crippen LogP contribution in [0.2, 0.25) is 0 Å². The first kappa shape index (κ1) is 17.8. The van der Waals surface area contributed by atoms with Crippen LogP contribution < -0.4 is 5.14 Å². The molecule has 0 amide bonds. The van der Waals surface area contributed by atoms with Crippen LogP contribution in [0.15, 0.2) is 63.9 Å². The Balaban J connectivity index is 2.19. The standard InChI is InChI=1S/C18H16N2O5S/c19-26(23,24)14-9-5-4-8-13(14)18-17(12-6-2-1-3-7-12)20-15(25-18)10-11-16(21)22/h1-9H,10-11H2,(H,21,22)(H2,19,23,24). The number of carboxylic acid groups (broad SMARTS) is 1. The van der Waals surface area contributed by atoms with Crippen molar-refractivity contribution in [3.8, 4) is 22.6 Å². The third-order valence-corrected chi connectivity index (χ3v) is 4.68. The van der Waals surface area contributed by atoms with Crippen LogP contribution >= 0.6 is 0 Å². The number of benzene rings is 2. The lowest BCUT2D eigenvalue weighted by Crippen LogP contribution is -2.13. The van der Waals surface area contributed by atoms with Crippen molar-refractivity contribution in [2.75, 3.05) is 0 Å². The van der Waals surface area contributed by atoms with Gasteiger partial charge >= 0.3 is 5.97 Å². The summed E-state index contributed by atoms with van der Waals surface area (Å²) in [4.78, 5) is 15.1. The van der Waals surface area contributed by atoms with E-state index in [4.69, 9.17) is 14.7 Å². The van der Waals surface area contributed by atoms with E-state index in [1.807, 2.05) is 30.3 Å². The zero-order chi connectivity index (χ0) is 18.7. The molecule has 8 heteroatoms. The zero-order valence-corrected chi connectivity index (χ0v) is 14.4. The third-order valence-electron chi connectivity index (χ3n) is 3.71. The minimum Gasteiger partial charge on any atom is -0.481 e. The third kappa shape index (κ3) is 3.81. The smallest absolute Gasteiger partial charge is 0.303 e. The van der Waals surface area contributed by atoms with Crippen molar-refractivity contribution in [2.24, 2.45) is 5.14 Å². The molecule has 1 aromatic heterocycles. The van der Waals surface area contributed by atoms with Crippen LogP contribution in [0.5, 0.6) is 0 Å². The van der Waals surface area contributed by atoms with Crippen LogP contribution in [-0.4, -0.2) is 24.5 Å². The van der Waals surface area contributed by atoms with Crippen LogP contribution in [0.1, 0.15) is 12.3 Å². The summed E-state index contributed by atoms with van der Waals surface area (Å²) in [5, 5.41) is 14.2. The molecule has 0 radical (unpaired) electrons. The van der Waals surface area contributed by atoms with Gasteiger partial charge in [-0.3, -0.25) is 4.79 Å². The molecule has 134 valence electrons. The first-order valence-electron chi connectivity index (χ1n) is 7.75. The molecule has 0 saturated heterocycles. The fourth-order valence-corrected chi connectivity index (χ4v) is 3.30. The fourth-order valence-electron chi connectivity index (χ4n) is 2.56. The molecule has 26 heavy (non-hydrogen) atoms. The molecule has 3 rings (SSSR count). The second kappa shape index (κ2) is 7.11. The highest BCUT2D eigenvalue weighted by Gasteiger charge is 2.23. The van der Waals surface area contributed by atoms with Gasteiger partial charge < -0.3 is 9.52 Å². The van der Waals surface area contributed by atoms with Crippen molar-refractivity contribution >= 4 is 16.0 Å². The number of carbonyl (C=O) groups is 1. The molecule has 1 heterocycles. The van der Waals surface area contributed by atoms with Gasteiger partial charge in [0.05, 0.1) is 11.3 Å². The number of rotatable bonds is 6. The average Bonchev–Trinajstić information content (AvgIpc) is 3.04. The lowest BCUT2D eigenvalue weighted by molar-refractivity contribution is -0.137. The van der Waals surface area contributed by atoms with Crippen LogP contribution in [0.25, 0.3) is 22.6 Å². The Kier molecular flexibility index (Phi) is 4.88. The zero-order valence-electron chi connectivity index (χ0n) is 13.6.